The fourth-order valence-corrected chi connectivity index (χ4v) is 2.22. The van der Waals surface area contributed by atoms with E-state index in [9.17, 15) is 0 Å². The van der Waals surface area contributed by atoms with Gasteiger partial charge in [-0.25, -0.2) is 0 Å². The van der Waals surface area contributed by atoms with Gasteiger partial charge in [-0.05, 0) is 34.9 Å². The van der Waals surface area contributed by atoms with Crippen LogP contribution in [0.4, 0.5) is 0 Å². The molecular formula is C18H12N2. The summed E-state index contributed by atoms with van der Waals surface area (Å²) in [6.45, 7) is 0. The molecule has 3 rings (SSSR count). The van der Waals surface area contributed by atoms with Crippen LogP contribution in [0.2, 0.25) is 0 Å². The molecular weight excluding hydrogens is 244 g/mol. The monoisotopic (exact) mass is 256 g/mol. The summed E-state index contributed by atoms with van der Waals surface area (Å²) in [7, 11) is 0. The van der Waals surface area contributed by atoms with E-state index in [0.29, 0.717) is 5.56 Å². The van der Waals surface area contributed by atoms with Gasteiger partial charge in [0.25, 0.3) is 0 Å². The standard InChI is InChI=1S/C18H12N2/c19-12-14-6-8-16(9-7-14)17-10-11-20-13-18(17)15-4-2-1-3-5-15/h1-11,13H. The van der Waals surface area contributed by atoms with Crippen LogP contribution in [0.15, 0.2) is 73.1 Å². The number of nitriles is 1. The molecule has 0 aliphatic rings. The van der Waals surface area contributed by atoms with Crippen molar-refractivity contribution in [2.24, 2.45) is 0 Å². The summed E-state index contributed by atoms with van der Waals surface area (Å²) in [4.78, 5) is 4.23. The molecule has 0 atom stereocenters. The number of pyridine rings is 1. The highest BCUT2D eigenvalue weighted by molar-refractivity contribution is 5.82. The Morgan fingerprint density at radius 2 is 1.45 bits per heavy atom. The Hall–Kier alpha value is -2.92. The number of nitrogens with zero attached hydrogens (tertiary/aromatic N) is 2. The summed E-state index contributed by atoms with van der Waals surface area (Å²) in [6, 6.07) is 21.9. The highest BCUT2D eigenvalue weighted by atomic mass is 14.6. The molecule has 20 heavy (non-hydrogen) atoms. The topological polar surface area (TPSA) is 36.7 Å². The first kappa shape index (κ1) is 12.1. The molecule has 0 aliphatic heterocycles. The highest BCUT2D eigenvalue weighted by Gasteiger charge is 2.07. The van der Waals surface area contributed by atoms with Crippen molar-refractivity contribution >= 4 is 0 Å². The van der Waals surface area contributed by atoms with Gasteiger partial charge < -0.3 is 0 Å². The predicted molar refractivity (Wildman–Crippen MR) is 79.8 cm³/mol. The Morgan fingerprint density at radius 3 is 2.15 bits per heavy atom. The SMILES string of the molecule is N#Cc1ccc(-c2ccncc2-c2ccccc2)cc1. The summed E-state index contributed by atoms with van der Waals surface area (Å²) >= 11 is 0. The Morgan fingerprint density at radius 1 is 0.750 bits per heavy atom. The van der Waals surface area contributed by atoms with Crippen LogP contribution in [-0.4, -0.2) is 4.98 Å². The van der Waals surface area contributed by atoms with Crippen LogP contribution in [-0.2, 0) is 0 Å². The highest BCUT2D eigenvalue weighted by Crippen LogP contribution is 2.31. The van der Waals surface area contributed by atoms with Gasteiger partial charge in [-0.15, -0.1) is 0 Å². The van der Waals surface area contributed by atoms with Gasteiger partial charge in [0, 0.05) is 18.0 Å². The quantitative estimate of drug-likeness (QED) is 0.686. The van der Waals surface area contributed by atoms with Crippen molar-refractivity contribution < 1.29 is 0 Å². The average molecular weight is 256 g/mol. The van der Waals surface area contributed by atoms with Crippen molar-refractivity contribution in [3.63, 3.8) is 0 Å². The molecule has 0 spiro atoms. The van der Waals surface area contributed by atoms with Gasteiger partial charge in [-0.1, -0.05) is 42.5 Å². The Kier molecular flexibility index (Phi) is 3.26. The average Bonchev–Trinajstić information content (AvgIpc) is 2.56. The lowest BCUT2D eigenvalue weighted by molar-refractivity contribution is 1.33. The van der Waals surface area contributed by atoms with E-state index < -0.39 is 0 Å². The zero-order valence-electron chi connectivity index (χ0n) is 10.8. The van der Waals surface area contributed by atoms with Gasteiger partial charge >= 0.3 is 0 Å². The van der Waals surface area contributed by atoms with Crippen LogP contribution in [0, 0.1) is 11.3 Å². The smallest absolute Gasteiger partial charge is 0.0991 e. The molecule has 3 aromatic rings. The second-order valence-electron chi connectivity index (χ2n) is 4.48. The van der Waals surface area contributed by atoms with Crippen molar-refractivity contribution in [2.45, 2.75) is 0 Å². The second-order valence-corrected chi connectivity index (χ2v) is 4.48. The van der Waals surface area contributed by atoms with Gasteiger partial charge in [0.15, 0.2) is 0 Å². The molecule has 94 valence electrons. The summed E-state index contributed by atoms with van der Waals surface area (Å²) in [5.41, 5.74) is 5.11. The van der Waals surface area contributed by atoms with Crippen LogP contribution < -0.4 is 0 Å². The van der Waals surface area contributed by atoms with E-state index in [4.69, 9.17) is 5.26 Å². The minimum absolute atomic E-state index is 0.670. The van der Waals surface area contributed by atoms with E-state index in [0.717, 1.165) is 22.3 Å². The van der Waals surface area contributed by atoms with E-state index in [1.54, 1.807) is 6.20 Å². The van der Waals surface area contributed by atoms with Gasteiger partial charge in [0.1, 0.15) is 0 Å². The molecule has 0 fully saturated rings. The minimum Gasteiger partial charge on any atom is -0.264 e. The predicted octanol–water partition coefficient (Wildman–Crippen LogP) is 4.29. The molecule has 0 amide bonds. The van der Waals surface area contributed by atoms with Crippen molar-refractivity contribution in [1.29, 1.82) is 5.26 Å². The Bertz CT molecular complexity index is 753. The normalized spacial score (nSPS) is 9.95. The van der Waals surface area contributed by atoms with Crippen LogP contribution >= 0.6 is 0 Å². The first-order valence-corrected chi connectivity index (χ1v) is 6.38. The van der Waals surface area contributed by atoms with Crippen LogP contribution in [0.1, 0.15) is 5.56 Å². The molecule has 2 aromatic carbocycles. The third-order valence-corrected chi connectivity index (χ3v) is 3.23. The van der Waals surface area contributed by atoms with E-state index >= 15 is 0 Å². The van der Waals surface area contributed by atoms with E-state index in [1.165, 1.54) is 0 Å². The number of hydrogen-bond donors (Lipinski definition) is 0. The third kappa shape index (κ3) is 2.30. The molecule has 0 saturated carbocycles. The first-order chi connectivity index (χ1) is 9.88. The maximum atomic E-state index is 8.87. The van der Waals surface area contributed by atoms with Crippen LogP contribution in [0.25, 0.3) is 22.3 Å². The van der Waals surface area contributed by atoms with Crippen molar-refractivity contribution in [2.75, 3.05) is 0 Å². The van der Waals surface area contributed by atoms with Crippen molar-refractivity contribution in [3.8, 4) is 28.3 Å². The van der Waals surface area contributed by atoms with Gasteiger partial charge in [0.2, 0.25) is 0 Å². The first-order valence-electron chi connectivity index (χ1n) is 6.38. The summed E-state index contributed by atoms with van der Waals surface area (Å²) in [6.07, 6.45) is 3.67. The zero-order valence-corrected chi connectivity index (χ0v) is 10.8. The van der Waals surface area contributed by atoms with Gasteiger partial charge in [-0.2, -0.15) is 5.26 Å². The lowest BCUT2D eigenvalue weighted by Crippen LogP contribution is -1.86. The Balaban J connectivity index is 2.12. The Labute approximate surface area is 118 Å². The van der Waals surface area contributed by atoms with Crippen LogP contribution in [0.3, 0.4) is 0 Å². The molecule has 0 bridgehead atoms. The maximum Gasteiger partial charge on any atom is 0.0991 e. The summed E-state index contributed by atoms with van der Waals surface area (Å²) in [5, 5.41) is 8.87. The fraction of sp³-hybridized carbons (Fsp3) is 0. The van der Waals surface area contributed by atoms with E-state index in [2.05, 4.69) is 23.2 Å². The summed E-state index contributed by atoms with van der Waals surface area (Å²) < 4.78 is 0. The lowest BCUT2D eigenvalue weighted by Gasteiger charge is -2.09. The minimum atomic E-state index is 0.670. The molecule has 0 radical (unpaired) electrons. The number of hydrogen-bond acceptors (Lipinski definition) is 2. The molecule has 1 aromatic heterocycles. The molecule has 0 saturated heterocycles. The molecule has 0 aliphatic carbocycles. The fourth-order valence-electron chi connectivity index (χ4n) is 2.22. The van der Waals surface area contributed by atoms with Crippen molar-refractivity contribution in [3.05, 3.63) is 78.6 Å². The third-order valence-electron chi connectivity index (χ3n) is 3.23. The van der Waals surface area contributed by atoms with E-state index in [-0.39, 0.29) is 0 Å². The number of aromatic nitrogens is 1. The van der Waals surface area contributed by atoms with Crippen LogP contribution in [0.5, 0.6) is 0 Å². The molecule has 2 nitrogen and oxygen atoms in total. The largest absolute Gasteiger partial charge is 0.264 e. The number of rotatable bonds is 2. The molecule has 2 heteroatoms. The maximum absolute atomic E-state index is 8.87. The zero-order chi connectivity index (χ0) is 13.8. The van der Waals surface area contributed by atoms with Gasteiger partial charge in [0.05, 0.1) is 11.6 Å². The van der Waals surface area contributed by atoms with E-state index in [1.807, 2.05) is 54.7 Å². The molecule has 0 unspecified atom stereocenters. The number of benzene rings is 2. The molecule has 1 heterocycles. The van der Waals surface area contributed by atoms with Crippen molar-refractivity contribution in [1.82, 2.24) is 4.98 Å². The second kappa shape index (κ2) is 5.38. The van der Waals surface area contributed by atoms with Gasteiger partial charge in [-0.3, -0.25) is 4.98 Å². The summed E-state index contributed by atoms with van der Waals surface area (Å²) in [5.74, 6) is 0. The lowest BCUT2D eigenvalue weighted by atomic mass is 9.96. The molecule has 0 N–H and O–H groups in total.